The van der Waals surface area contributed by atoms with Crippen molar-refractivity contribution in [1.82, 2.24) is 0 Å². The van der Waals surface area contributed by atoms with Crippen LogP contribution in [0.25, 0.3) is 0 Å². The second-order valence-corrected chi connectivity index (χ2v) is 3.13. The van der Waals surface area contributed by atoms with Crippen molar-refractivity contribution in [3.05, 3.63) is 28.0 Å². The molecule has 0 aliphatic carbocycles. The Morgan fingerprint density at radius 3 is 2.50 bits per heavy atom. The van der Waals surface area contributed by atoms with Crippen molar-refractivity contribution in [1.29, 1.82) is 0 Å². The summed E-state index contributed by atoms with van der Waals surface area (Å²) in [6.07, 6.45) is 0. The molecule has 1 aromatic rings. The zero-order valence-electron chi connectivity index (χ0n) is 6.06. The molecule has 0 unspecified atom stereocenters. The van der Waals surface area contributed by atoms with E-state index in [2.05, 4.69) is 15.9 Å². The normalized spacial score (nSPS) is 9.90. The molecule has 2 nitrogen and oxygen atoms in total. The van der Waals surface area contributed by atoms with Crippen molar-refractivity contribution in [2.45, 2.75) is 13.8 Å². The quantitative estimate of drug-likeness (QED) is 0.494. The van der Waals surface area contributed by atoms with Crippen LogP contribution in [0.1, 0.15) is 11.4 Å². The van der Waals surface area contributed by atoms with Crippen molar-refractivity contribution in [3.8, 4) is 0 Å². The number of pyridine rings is 1. The summed E-state index contributed by atoms with van der Waals surface area (Å²) in [6.45, 7) is 3.94. The summed E-state index contributed by atoms with van der Waals surface area (Å²) in [5, 5.41) is 0. The first-order valence-electron chi connectivity index (χ1n) is 3.06. The fourth-order valence-corrected chi connectivity index (χ4v) is 1.10. The van der Waals surface area contributed by atoms with Crippen LogP contribution in [0.3, 0.4) is 0 Å². The Bertz CT molecular complexity index is 231. The summed E-state index contributed by atoms with van der Waals surface area (Å²) in [4.78, 5) is 0. The highest BCUT2D eigenvalue weighted by Gasteiger charge is 2.08. The zero-order valence-corrected chi connectivity index (χ0v) is 7.64. The summed E-state index contributed by atoms with van der Waals surface area (Å²) < 4.78 is 2.70. The molecule has 0 amide bonds. The Morgan fingerprint density at radius 2 is 2.00 bits per heavy atom. The maximum absolute atomic E-state index is 5.67. The summed E-state index contributed by atoms with van der Waals surface area (Å²) in [5.41, 5.74) is 2.10. The Balaban J connectivity index is 3.34. The maximum Gasteiger partial charge on any atom is 0.222 e. The summed E-state index contributed by atoms with van der Waals surface area (Å²) >= 11 is 3.38. The molecule has 1 heterocycles. The Hall–Kier alpha value is -0.570. The predicted octanol–water partition coefficient (Wildman–Crippen LogP) is 1.07. The van der Waals surface area contributed by atoms with Crippen molar-refractivity contribution in [2.75, 3.05) is 5.84 Å². The van der Waals surface area contributed by atoms with Gasteiger partial charge in [-0.05, 0) is 22.0 Å². The molecule has 0 aliphatic heterocycles. The third-order valence-electron chi connectivity index (χ3n) is 1.56. The van der Waals surface area contributed by atoms with Gasteiger partial charge in [-0.2, -0.15) is 0 Å². The minimum atomic E-state index is 1.04. The smallest absolute Gasteiger partial charge is 0.205 e. The minimum Gasteiger partial charge on any atom is -0.205 e. The van der Waals surface area contributed by atoms with E-state index in [-0.39, 0.29) is 0 Å². The largest absolute Gasteiger partial charge is 0.222 e. The molecule has 0 atom stereocenters. The standard InChI is InChI=1S/C7H10BrN2/c1-5-3-4-7(8)6(2)10(5)9/h3-4H,9H2,1-2H3/q+1. The van der Waals surface area contributed by atoms with Gasteiger partial charge in [0.05, 0.1) is 4.47 Å². The van der Waals surface area contributed by atoms with Crippen LogP contribution in [0.5, 0.6) is 0 Å². The molecule has 1 rings (SSSR count). The first kappa shape index (κ1) is 7.54. The van der Waals surface area contributed by atoms with Crippen LogP contribution in [0.15, 0.2) is 16.6 Å². The molecule has 0 aromatic carbocycles. The molecule has 0 saturated carbocycles. The lowest BCUT2D eigenvalue weighted by atomic mass is 10.3. The third-order valence-corrected chi connectivity index (χ3v) is 2.40. The number of nitrogens with zero attached hydrogens (tertiary/aromatic N) is 1. The highest BCUT2D eigenvalue weighted by Crippen LogP contribution is 2.10. The van der Waals surface area contributed by atoms with E-state index in [1.165, 1.54) is 0 Å². The number of hydrogen-bond donors (Lipinski definition) is 1. The van der Waals surface area contributed by atoms with Crippen molar-refractivity contribution in [3.63, 3.8) is 0 Å². The van der Waals surface area contributed by atoms with Crippen LogP contribution >= 0.6 is 15.9 Å². The molecular formula is C7H10BrN2+. The number of hydrogen-bond acceptors (Lipinski definition) is 1. The molecule has 2 N–H and O–H groups in total. The van der Waals surface area contributed by atoms with Gasteiger partial charge in [-0.25, -0.2) is 5.84 Å². The highest BCUT2D eigenvalue weighted by molar-refractivity contribution is 9.10. The van der Waals surface area contributed by atoms with E-state index in [4.69, 9.17) is 5.84 Å². The Kier molecular flexibility index (Phi) is 1.94. The number of nitrogen functional groups attached to an aromatic ring is 1. The van der Waals surface area contributed by atoms with Gasteiger partial charge in [0.25, 0.3) is 0 Å². The third kappa shape index (κ3) is 1.14. The van der Waals surface area contributed by atoms with Gasteiger partial charge >= 0.3 is 0 Å². The molecule has 0 radical (unpaired) electrons. The van der Waals surface area contributed by atoms with Gasteiger partial charge in [-0.1, -0.05) is 4.68 Å². The predicted molar refractivity (Wildman–Crippen MR) is 44.0 cm³/mol. The average Bonchev–Trinajstić information content (AvgIpc) is 1.93. The van der Waals surface area contributed by atoms with E-state index in [9.17, 15) is 0 Å². The van der Waals surface area contributed by atoms with E-state index in [0.717, 1.165) is 15.9 Å². The van der Waals surface area contributed by atoms with E-state index < -0.39 is 0 Å². The van der Waals surface area contributed by atoms with Gasteiger partial charge < -0.3 is 0 Å². The van der Waals surface area contributed by atoms with Crippen molar-refractivity contribution < 1.29 is 4.68 Å². The van der Waals surface area contributed by atoms with Gasteiger partial charge in [0.15, 0.2) is 0 Å². The SMILES string of the molecule is Cc1ccc(Br)c(C)[n+]1N. The van der Waals surface area contributed by atoms with E-state index in [0.29, 0.717) is 0 Å². The topological polar surface area (TPSA) is 29.9 Å². The highest BCUT2D eigenvalue weighted by atomic mass is 79.9. The van der Waals surface area contributed by atoms with Gasteiger partial charge in [0.2, 0.25) is 11.4 Å². The Labute approximate surface area is 68.8 Å². The van der Waals surface area contributed by atoms with Gasteiger partial charge in [-0.15, -0.1) is 0 Å². The van der Waals surface area contributed by atoms with Crippen LogP contribution in [-0.4, -0.2) is 0 Å². The zero-order chi connectivity index (χ0) is 7.72. The molecule has 1 aromatic heterocycles. The number of nitrogens with two attached hydrogens (primary N) is 1. The van der Waals surface area contributed by atoms with E-state index in [1.807, 2.05) is 26.0 Å². The van der Waals surface area contributed by atoms with Crippen LogP contribution in [0.4, 0.5) is 0 Å². The number of halogens is 1. The lowest BCUT2D eigenvalue weighted by Crippen LogP contribution is -2.50. The summed E-state index contributed by atoms with van der Waals surface area (Å²) in [5.74, 6) is 5.67. The number of rotatable bonds is 0. The van der Waals surface area contributed by atoms with Crippen LogP contribution in [0, 0.1) is 13.8 Å². The van der Waals surface area contributed by atoms with Crippen molar-refractivity contribution in [2.24, 2.45) is 0 Å². The second-order valence-electron chi connectivity index (χ2n) is 2.28. The fraction of sp³-hybridized carbons (Fsp3) is 0.286. The molecular weight excluding hydrogens is 192 g/mol. The maximum atomic E-state index is 5.67. The molecule has 0 spiro atoms. The molecule has 0 fully saturated rings. The fourth-order valence-electron chi connectivity index (χ4n) is 0.774. The molecule has 0 aliphatic rings. The lowest BCUT2D eigenvalue weighted by molar-refractivity contribution is -0.652. The number of aryl methyl sites for hydroxylation is 1. The molecule has 54 valence electrons. The first-order chi connectivity index (χ1) is 4.63. The molecule has 10 heavy (non-hydrogen) atoms. The monoisotopic (exact) mass is 201 g/mol. The minimum absolute atomic E-state index is 1.04. The molecule has 0 saturated heterocycles. The van der Waals surface area contributed by atoms with Gasteiger partial charge in [0, 0.05) is 19.9 Å². The summed E-state index contributed by atoms with van der Waals surface area (Å²) in [6, 6.07) is 3.96. The van der Waals surface area contributed by atoms with Gasteiger partial charge in [-0.3, -0.25) is 0 Å². The van der Waals surface area contributed by atoms with Crippen LogP contribution in [-0.2, 0) is 0 Å². The molecule has 3 heteroatoms. The lowest BCUT2D eigenvalue weighted by Gasteiger charge is -1.96. The number of aromatic nitrogens is 1. The van der Waals surface area contributed by atoms with Crippen LogP contribution in [0.2, 0.25) is 0 Å². The van der Waals surface area contributed by atoms with Crippen molar-refractivity contribution >= 4 is 15.9 Å². The van der Waals surface area contributed by atoms with E-state index in [1.54, 1.807) is 4.68 Å². The van der Waals surface area contributed by atoms with Crippen LogP contribution < -0.4 is 10.5 Å². The second kappa shape index (κ2) is 2.58. The first-order valence-corrected chi connectivity index (χ1v) is 3.85. The average molecular weight is 202 g/mol. The Morgan fingerprint density at radius 1 is 1.40 bits per heavy atom. The van der Waals surface area contributed by atoms with Gasteiger partial charge in [0.1, 0.15) is 0 Å². The molecule has 0 bridgehead atoms. The van der Waals surface area contributed by atoms with E-state index >= 15 is 0 Å². The summed E-state index contributed by atoms with van der Waals surface area (Å²) in [7, 11) is 0.